The summed E-state index contributed by atoms with van der Waals surface area (Å²) in [5.41, 5.74) is 1.32. The second-order valence-corrected chi connectivity index (χ2v) is 6.63. The zero-order valence-corrected chi connectivity index (χ0v) is 16.9. The number of nitrogens with zero attached hydrogens (tertiary/aromatic N) is 2. The Labute approximate surface area is 176 Å². The van der Waals surface area contributed by atoms with Crippen LogP contribution in [-0.2, 0) is 16.2 Å². The van der Waals surface area contributed by atoms with Gasteiger partial charge in [0.05, 0.1) is 13.3 Å². The average Bonchev–Trinajstić information content (AvgIpc) is 2.65. The van der Waals surface area contributed by atoms with E-state index >= 15 is 0 Å². The normalized spacial score (nSPS) is 10.7. The molecule has 0 heterocycles. The molecule has 29 heavy (non-hydrogen) atoms. The van der Waals surface area contributed by atoms with E-state index in [2.05, 4.69) is 5.10 Å². The molecule has 0 aliphatic rings. The molecule has 0 saturated heterocycles. The van der Waals surface area contributed by atoms with E-state index in [0.717, 1.165) is 10.6 Å². The molecule has 2 aromatic rings. The molecule has 2 aromatic carbocycles. The van der Waals surface area contributed by atoms with Gasteiger partial charge >= 0.3 is 11.9 Å². The van der Waals surface area contributed by atoms with Crippen molar-refractivity contribution in [2.45, 2.75) is 6.61 Å². The maximum absolute atomic E-state index is 10.8. The average molecular weight is 441 g/mol. The van der Waals surface area contributed by atoms with E-state index in [1.54, 1.807) is 36.4 Å². The van der Waals surface area contributed by atoms with Crippen LogP contribution in [0.3, 0.4) is 0 Å². The lowest BCUT2D eigenvalue weighted by atomic mass is 10.2. The van der Waals surface area contributed by atoms with Gasteiger partial charge in [-0.1, -0.05) is 29.3 Å². The number of halogens is 2. The second-order valence-electron chi connectivity index (χ2n) is 5.79. The molecule has 0 aromatic heterocycles. The van der Waals surface area contributed by atoms with Crippen LogP contribution in [0.4, 0.5) is 0 Å². The zero-order valence-electron chi connectivity index (χ0n) is 15.3. The van der Waals surface area contributed by atoms with Crippen molar-refractivity contribution in [1.29, 1.82) is 0 Å². The predicted octanol–water partition coefficient (Wildman–Crippen LogP) is 3.39. The number of methoxy groups -OCH3 is 1. The van der Waals surface area contributed by atoms with Gasteiger partial charge in [-0.05, 0) is 35.9 Å². The number of carboxylic acid groups (broad SMARTS) is 2. The Hall–Kier alpha value is -2.97. The van der Waals surface area contributed by atoms with Gasteiger partial charge in [0.1, 0.15) is 19.7 Å². The smallest absolute Gasteiger partial charge is 0.324 e. The summed E-state index contributed by atoms with van der Waals surface area (Å²) in [5.74, 6) is -1.50. The molecule has 0 aliphatic heterocycles. The van der Waals surface area contributed by atoms with Crippen molar-refractivity contribution in [1.82, 2.24) is 5.01 Å². The fourth-order valence-corrected chi connectivity index (χ4v) is 2.74. The standard InChI is InChI=1S/C19H18Cl2N2O6/c1-28-17-6-12(8-22-23(9-18(24)25)10-19(26)27)2-5-16(17)29-11-13-3-4-14(20)7-15(13)21/h2-8H,9-11H2,1H3,(H,24,25)(H,26,27)/b22-8-. The molecular weight excluding hydrogens is 423 g/mol. The van der Waals surface area contributed by atoms with Crippen LogP contribution >= 0.6 is 23.2 Å². The third kappa shape index (κ3) is 7.17. The van der Waals surface area contributed by atoms with Gasteiger partial charge in [-0.15, -0.1) is 0 Å². The summed E-state index contributed by atoms with van der Waals surface area (Å²) in [7, 11) is 1.47. The van der Waals surface area contributed by atoms with Crippen LogP contribution in [0.15, 0.2) is 41.5 Å². The predicted molar refractivity (Wildman–Crippen MR) is 108 cm³/mol. The molecule has 2 rings (SSSR count). The highest BCUT2D eigenvalue weighted by Gasteiger charge is 2.11. The SMILES string of the molecule is COc1cc(/C=N\N(CC(=O)O)CC(=O)O)ccc1OCc1ccc(Cl)cc1Cl. The van der Waals surface area contributed by atoms with E-state index in [1.807, 2.05) is 0 Å². The first-order valence-electron chi connectivity index (χ1n) is 8.25. The zero-order chi connectivity index (χ0) is 21.4. The van der Waals surface area contributed by atoms with Crippen molar-refractivity contribution >= 4 is 41.4 Å². The Morgan fingerprint density at radius 2 is 1.76 bits per heavy atom. The van der Waals surface area contributed by atoms with E-state index in [1.165, 1.54) is 13.3 Å². The number of benzene rings is 2. The molecule has 0 atom stereocenters. The van der Waals surface area contributed by atoms with Gasteiger partial charge in [-0.3, -0.25) is 14.6 Å². The highest BCUT2D eigenvalue weighted by Crippen LogP contribution is 2.29. The summed E-state index contributed by atoms with van der Waals surface area (Å²) in [6.45, 7) is -0.878. The van der Waals surface area contributed by atoms with Crippen molar-refractivity contribution in [3.8, 4) is 11.5 Å². The van der Waals surface area contributed by atoms with Crippen LogP contribution in [0.5, 0.6) is 11.5 Å². The first kappa shape index (κ1) is 22.3. The summed E-state index contributed by atoms with van der Waals surface area (Å²) < 4.78 is 11.1. The van der Waals surface area contributed by atoms with Crippen LogP contribution in [0.1, 0.15) is 11.1 Å². The van der Waals surface area contributed by atoms with Crippen molar-refractivity contribution in [3.05, 3.63) is 57.6 Å². The summed E-state index contributed by atoms with van der Waals surface area (Å²) in [6, 6.07) is 10.1. The lowest BCUT2D eigenvalue weighted by Gasteiger charge is -2.14. The van der Waals surface area contributed by atoms with Crippen LogP contribution < -0.4 is 9.47 Å². The minimum Gasteiger partial charge on any atom is -0.493 e. The summed E-state index contributed by atoms with van der Waals surface area (Å²) in [4.78, 5) is 21.6. The van der Waals surface area contributed by atoms with E-state index in [9.17, 15) is 9.59 Å². The number of aliphatic carboxylic acids is 2. The highest BCUT2D eigenvalue weighted by molar-refractivity contribution is 6.35. The first-order valence-corrected chi connectivity index (χ1v) is 9.01. The fourth-order valence-electron chi connectivity index (χ4n) is 2.28. The number of carbonyl (C=O) groups is 2. The Morgan fingerprint density at radius 3 is 2.34 bits per heavy atom. The van der Waals surface area contributed by atoms with Crippen LogP contribution in [0.25, 0.3) is 0 Å². The Morgan fingerprint density at radius 1 is 1.07 bits per heavy atom. The van der Waals surface area contributed by atoms with Gasteiger partial charge < -0.3 is 19.7 Å². The molecule has 0 bridgehead atoms. The number of rotatable bonds is 10. The molecule has 0 fully saturated rings. The number of hydrogen-bond donors (Lipinski definition) is 2. The van der Waals surface area contributed by atoms with Crippen molar-refractivity contribution < 1.29 is 29.3 Å². The summed E-state index contributed by atoms with van der Waals surface area (Å²) in [5, 5.41) is 23.5. The molecule has 0 aliphatic carbocycles. The molecule has 2 N–H and O–H groups in total. The molecule has 0 amide bonds. The third-order valence-electron chi connectivity index (χ3n) is 3.59. The highest BCUT2D eigenvalue weighted by atomic mass is 35.5. The number of hydrazone groups is 1. The summed E-state index contributed by atoms with van der Waals surface area (Å²) >= 11 is 12.0. The van der Waals surface area contributed by atoms with E-state index in [4.69, 9.17) is 42.9 Å². The second kappa shape index (κ2) is 10.5. The van der Waals surface area contributed by atoms with Crippen LogP contribution in [0.2, 0.25) is 10.0 Å². The van der Waals surface area contributed by atoms with Gasteiger partial charge in [-0.2, -0.15) is 5.10 Å². The molecular formula is C19H18Cl2N2O6. The van der Waals surface area contributed by atoms with Gasteiger partial charge in [-0.25, -0.2) is 0 Å². The first-order chi connectivity index (χ1) is 13.8. The molecule has 154 valence electrons. The third-order valence-corrected chi connectivity index (χ3v) is 4.18. The maximum atomic E-state index is 10.8. The van der Waals surface area contributed by atoms with Crippen molar-refractivity contribution in [3.63, 3.8) is 0 Å². The van der Waals surface area contributed by atoms with E-state index in [0.29, 0.717) is 27.1 Å². The largest absolute Gasteiger partial charge is 0.493 e. The number of ether oxygens (including phenoxy) is 2. The van der Waals surface area contributed by atoms with Gasteiger partial charge in [0.25, 0.3) is 0 Å². The Balaban J connectivity index is 2.12. The van der Waals surface area contributed by atoms with Crippen molar-refractivity contribution in [2.75, 3.05) is 20.2 Å². The Kier molecular flexibility index (Phi) is 8.11. The maximum Gasteiger partial charge on any atom is 0.324 e. The Bertz CT molecular complexity index is 904. The quantitative estimate of drug-likeness (QED) is 0.430. The molecule has 8 nitrogen and oxygen atoms in total. The minimum absolute atomic E-state index is 0.199. The summed E-state index contributed by atoms with van der Waals surface area (Å²) in [6.07, 6.45) is 1.34. The lowest BCUT2D eigenvalue weighted by molar-refractivity contribution is -0.141. The van der Waals surface area contributed by atoms with E-state index in [-0.39, 0.29) is 6.61 Å². The van der Waals surface area contributed by atoms with Gasteiger partial charge in [0.15, 0.2) is 11.5 Å². The molecule has 0 spiro atoms. The van der Waals surface area contributed by atoms with Crippen LogP contribution in [-0.4, -0.2) is 53.6 Å². The number of carboxylic acids is 2. The lowest BCUT2D eigenvalue weighted by Crippen LogP contribution is -2.30. The minimum atomic E-state index is -1.19. The monoisotopic (exact) mass is 440 g/mol. The molecule has 0 unspecified atom stereocenters. The fraction of sp³-hybridized carbons (Fsp3) is 0.211. The topological polar surface area (TPSA) is 109 Å². The van der Waals surface area contributed by atoms with Crippen LogP contribution in [0, 0.1) is 0 Å². The molecule has 0 radical (unpaired) electrons. The van der Waals surface area contributed by atoms with E-state index < -0.39 is 25.0 Å². The molecule has 10 heteroatoms. The van der Waals surface area contributed by atoms with Gasteiger partial charge in [0.2, 0.25) is 0 Å². The number of hydrogen-bond acceptors (Lipinski definition) is 6. The molecule has 0 saturated carbocycles. The van der Waals surface area contributed by atoms with Gasteiger partial charge in [0, 0.05) is 15.6 Å². The van der Waals surface area contributed by atoms with Crippen molar-refractivity contribution in [2.24, 2.45) is 5.10 Å².